The summed E-state index contributed by atoms with van der Waals surface area (Å²) in [6.07, 6.45) is 1.67. The van der Waals surface area contributed by atoms with Crippen molar-refractivity contribution in [2.24, 2.45) is 5.73 Å². The van der Waals surface area contributed by atoms with Gasteiger partial charge in [-0.05, 0) is 61.0 Å². The predicted octanol–water partition coefficient (Wildman–Crippen LogP) is 3.41. The smallest absolute Gasteiger partial charge is 0.251 e. The Labute approximate surface area is 197 Å². The normalized spacial score (nSPS) is 11.4. The summed E-state index contributed by atoms with van der Waals surface area (Å²) >= 11 is 0. The molecule has 0 saturated heterocycles. The SMILES string of the molecule is Cc1oc(-c2ccc(C(=O)NCc3ccccn3)cc2)nc1CS(=O)(=O)c1ccc(CN)cc1. The maximum Gasteiger partial charge on any atom is 0.251 e. The molecule has 1 amide bonds. The number of carbonyl (C=O) groups is 1. The number of sulfone groups is 1. The minimum atomic E-state index is -3.60. The van der Waals surface area contributed by atoms with Crippen molar-refractivity contribution in [2.75, 3.05) is 0 Å². The highest BCUT2D eigenvalue weighted by atomic mass is 32.2. The third kappa shape index (κ3) is 5.38. The van der Waals surface area contributed by atoms with Crippen molar-refractivity contribution in [1.29, 1.82) is 0 Å². The molecule has 0 saturated carbocycles. The lowest BCUT2D eigenvalue weighted by Gasteiger charge is -2.05. The molecule has 0 atom stereocenters. The van der Waals surface area contributed by atoms with E-state index in [9.17, 15) is 13.2 Å². The van der Waals surface area contributed by atoms with Crippen molar-refractivity contribution in [3.63, 3.8) is 0 Å². The molecule has 0 spiro atoms. The van der Waals surface area contributed by atoms with Gasteiger partial charge in [-0.3, -0.25) is 9.78 Å². The second-order valence-electron chi connectivity index (χ2n) is 7.71. The van der Waals surface area contributed by atoms with Crippen LogP contribution in [0.15, 0.2) is 82.2 Å². The van der Waals surface area contributed by atoms with Gasteiger partial charge in [0.1, 0.15) is 11.5 Å². The number of nitrogens with zero attached hydrogens (tertiary/aromatic N) is 2. The van der Waals surface area contributed by atoms with Crippen LogP contribution in [-0.2, 0) is 28.7 Å². The van der Waals surface area contributed by atoms with E-state index in [1.165, 1.54) is 0 Å². The number of nitrogens with two attached hydrogens (primary N) is 1. The van der Waals surface area contributed by atoms with Gasteiger partial charge in [0.2, 0.25) is 5.89 Å². The number of rotatable bonds is 8. The molecule has 0 radical (unpaired) electrons. The minimum absolute atomic E-state index is 0.203. The Morgan fingerprint density at radius 3 is 2.41 bits per heavy atom. The lowest BCUT2D eigenvalue weighted by atomic mass is 10.1. The summed E-state index contributed by atoms with van der Waals surface area (Å²) in [5, 5.41) is 2.82. The highest BCUT2D eigenvalue weighted by Crippen LogP contribution is 2.25. The minimum Gasteiger partial charge on any atom is -0.441 e. The first kappa shape index (κ1) is 23.3. The van der Waals surface area contributed by atoms with Crippen LogP contribution < -0.4 is 11.1 Å². The summed E-state index contributed by atoms with van der Waals surface area (Å²) in [6.45, 7) is 2.35. The monoisotopic (exact) mass is 476 g/mol. The quantitative estimate of drug-likeness (QED) is 0.399. The molecule has 2 aromatic heterocycles. The molecule has 2 heterocycles. The Hall–Kier alpha value is -3.82. The molecule has 0 aliphatic rings. The number of benzene rings is 2. The molecule has 0 unspecified atom stereocenters. The summed E-state index contributed by atoms with van der Waals surface area (Å²) in [4.78, 5) is 21.2. The Balaban J connectivity index is 1.45. The Kier molecular flexibility index (Phi) is 6.85. The highest BCUT2D eigenvalue weighted by Gasteiger charge is 2.21. The van der Waals surface area contributed by atoms with E-state index in [1.807, 2.05) is 18.2 Å². The van der Waals surface area contributed by atoms with Crippen molar-refractivity contribution in [1.82, 2.24) is 15.3 Å². The van der Waals surface area contributed by atoms with Gasteiger partial charge >= 0.3 is 0 Å². The summed E-state index contributed by atoms with van der Waals surface area (Å²) in [7, 11) is -3.60. The number of pyridine rings is 1. The Bertz CT molecular complexity index is 1380. The second kappa shape index (κ2) is 9.98. The van der Waals surface area contributed by atoms with Crippen LogP contribution in [0.1, 0.15) is 33.1 Å². The molecule has 0 aliphatic carbocycles. The first-order valence-corrected chi connectivity index (χ1v) is 12.3. The summed E-state index contributed by atoms with van der Waals surface area (Å²) in [5.41, 5.74) is 8.66. The van der Waals surface area contributed by atoms with Crippen LogP contribution in [0.25, 0.3) is 11.5 Å². The van der Waals surface area contributed by atoms with E-state index < -0.39 is 9.84 Å². The average molecular weight is 477 g/mol. The van der Waals surface area contributed by atoms with Gasteiger partial charge in [0, 0.05) is 23.9 Å². The van der Waals surface area contributed by atoms with Crippen molar-refractivity contribution in [2.45, 2.75) is 30.7 Å². The number of carbonyl (C=O) groups excluding carboxylic acids is 1. The van der Waals surface area contributed by atoms with Gasteiger partial charge in [-0.1, -0.05) is 18.2 Å². The van der Waals surface area contributed by atoms with E-state index in [0.717, 1.165) is 11.3 Å². The van der Waals surface area contributed by atoms with E-state index in [2.05, 4.69) is 15.3 Å². The maximum absolute atomic E-state index is 12.8. The topological polar surface area (TPSA) is 128 Å². The Morgan fingerprint density at radius 1 is 1.03 bits per heavy atom. The van der Waals surface area contributed by atoms with Gasteiger partial charge < -0.3 is 15.5 Å². The maximum atomic E-state index is 12.8. The van der Waals surface area contributed by atoms with E-state index in [-0.39, 0.29) is 16.6 Å². The lowest BCUT2D eigenvalue weighted by molar-refractivity contribution is 0.0950. The van der Waals surface area contributed by atoms with Gasteiger partial charge in [-0.25, -0.2) is 13.4 Å². The molecule has 0 bridgehead atoms. The second-order valence-corrected chi connectivity index (χ2v) is 9.70. The van der Waals surface area contributed by atoms with E-state index in [1.54, 1.807) is 61.7 Å². The zero-order chi connectivity index (χ0) is 24.1. The van der Waals surface area contributed by atoms with E-state index in [4.69, 9.17) is 10.2 Å². The zero-order valence-electron chi connectivity index (χ0n) is 18.6. The molecule has 4 aromatic rings. The van der Waals surface area contributed by atoms with Crippen LogP contribution >= 0.6 is 0 Å². The summed E-state index contributed by atoms with van der Waals surface area (Å²) < 4.78 is 31.4. The van der Waals surface area contributed by atoms with Crippen LogP contribution in [0.3, 0.4) is 0 Å². The zero-order valence-corrected chi connectivity index (χ0v) is 19.4. The molecule has 8 nitrogen and oxygen atoms in total. The highest BCUT2D eigenvalue weighted by molar-refractivity contribution is 7.90. The number of aromatic nitrogens is 2. The van der Waals surface area contributed by atoms with Crippen molar-refractivity contribution < 1.29 is 17.6 Å². The van der Waals surface area contributed by atoms with Crippen LogP contribution in [0, 0.1) is 6.92 Å². The molecule has 4 rings (SSSR count). The van der Waals surface area contributed by atoms with E-state index in [0.29, 0.717) is 41.6 Å². The fourth-order valence-electron chi connectivity index (χ4n) is 3.32. The lowest BCUT2D eigenvalue weighted by Crippen LogP contribution is -2.23. The van der Waals surface area contributed by atoms with Gasteiger partial charge in [0.25, 0.3) is 5.91 Å². The fourth-order valence-corrected chi connectivity index (χ4v) is 4.67. The standard InChI is InChI=1S/C25H24N4O4S/c1-17-23(16-34(31,32)22-11-5-18(14-26)6-12-22)29-25(33-17)20-9-7-19(8-10-20)24(30)28-15-21-4-2-3-13-27-21/h2-13H,14-16,26H2,1H3,(H,28,30). The molecule has 9 heteroatoms. The molecule has 3 N–H and O–H groups in total. The van der Waals surface area contributed by atoms with E-state index >= 15 is 0 Å². The largest absolute Gasteiger partial charge is 0.441 e. The summed E-state index contributed by atoms with van der Waals surface area (Å²) in [6, 6.07) is 18.8. The van der Waals surface area contributed by atoms with Crippen molar-refractivity contribution >= 4 is 15.7 Å². The molecule has 2 aromatic carbocycles. The molecular weight excluding hydrogens is 452 g/mol. The van der Waals surface area contributed by atoms with Crippen molar-refractivity contribution in [3.05, 3.63) is 101 Å². The summed E-state index contributed by atoms with van der Waals surface area (Å²) in [5.74, 6) is 0.211. The van der Waals surface area contributed by atoms with Crippen LogP contribution in [0.5, 0.6) is 0 Å². The molecule has 34 heavy (non-hydrogen) atoms. The molecular formula is C25H24N4O4S. The van der Waals surface area contributed by atoms with Crippen LogP contribution in [0.4, 0.5) is 0 Å². The Morgan fingerprint density at radius 2 is 1.76 bits per heavy atom. The molecule has 0 fully saturated rings. The van der Waals surface area contributed by atoms with Gasteiger partial charge in [0.15, 0.2) is 9.84 Å². The first-order valence-electron chi connectivity index (χ1n) is 10.6. The van der Waals surface area contributed by atoms with Gasteiger partial charge in [-0.2, -0.15) is 0 Å². The van der Waals surface area contributed by atoms with Gasteiger partial charge in [-0.15, -0.1) is 0 Å². The number of hydrogen-bond donors (Lipinski definition) is 2. The number of nitrogens with one attached hydrogen (secondary N) is 1. The predicted molar refractivity (Wildman–Crippen MR) is 127 cm³/mol. The number of hydrogen-bond acceptors (Lipinski definition) is 7. The first-order chi connectivity index (χ1) is 16.4. The number of aryl methyl sites for hydroxylation is 1. The van der Waals surface area contributed by atoms with Gasteiger partial charge in [0.05, 0.1) is 22.8 Å². The third-order valence-corrected chi connectivity index (χ3v) is 6.93. The van der Waals surface area contributed by atoms with Crippen LogP contribution in [0.2, 0.25) is 0 Å². The number of oxazole rings is 1. The molecule has 174 valence electrons. The third-order valence-electron chi connectivity index (χ3n) is 5.29. The van der Waals surface area contributed by atoms with Crippen molar-refractivity contribution in [3.8, 4) is 11.5 Å². The van der Waals surface area contributed by atoms with Crippen LogP contribution in [-0.4, -0.2) is 24.3 Å². The fraction of sp³-hybridized carbons (Fsp3) is 0.160. The number of amides is 1. The average Bonchev–Trinajstić information content (AvgIpc) is 3.22. The molecule has 0 aliphatic heterocycles.